The van der Waals surface area contributed by atoms with Crippen LogP contribution in [0.15, 0.2) is 6.20 Å². The maximum Gasteiger partial charge on any atom is 0.197 e. The molecule has 0 aliphatic carbocycles. The smallest absolute Gasteiger partial charge is 0.197 e. The van der Waals surface area contributed by atoms with Gasteiger partial charge in [-0.3, -0.25) is 0 Å². The van der Waals surface area contributed by atoms with E-state index >= 15 is 0 Å². The molecule has 0 bridgehead atoms. The molecule has 0 atom stereocenters. The van der Waals surface area contributed by atoms with Crippen LogP contribution in [-0.4, -0.2) is 19.5 Å². The van der Waals surface area contributed by atoms with Gasteiger partial charge in [0.05, 0.1) is 11.9 Å². The molecule has 0 unspecified atom stereocenters. The summed E-state index contributed by atoms with van der Waals surface area (Å²) >= 11 is 0. The number of nitrogens with zero attached hydrogens (tertiary/aromatic N) is 4. The highest BCUT2D eigenvalue weighted by atomic mass is 15.2. The minimum absolute atomic E-state index is 0.00206. The minimum Gasteiger partial charge on any atom is -0.306 e. The summed E-state index contributed by atoms with van der Waals surface area (Å²) in [5.41, 5.74) is 2.58. The van der Waals surface area contributed by atoms with Gasteiger partial charge in [-0.2, -0.15) is 0 Å². The number of hydrogen-bond donors (Lipinski definition) is 0. The number of fused-ring (bicyclic) bond motifs is 1. The quantitative estimate of drug-likeness (QED) is 0.717. The molecule has 0 N–H and O–H groups in total. The number of aryl methyl sites for hydroxylation is 1. The van der Waals surface area contributed by atoms with Gasteiger partial charge in [0.15, 0.2) is 11.3 Å². The molecular formula is C14H22N4. The molecule has 2 aromatic heterocycles. The highest BCUT2D eigenvalue weighted by molar-refractivity contribution is 5.67. The van der Waals surface area contributed by atoms with E-state index in [9.17, 15) is 0 Å². The van der Waals surface area contributed by atoms with Gasteiger partial charge in [0.2, 0.25) is 0 Å². The Morgan fingerprint density at radius 3 is 2.11 bits per heavy atom. The monoisotopic (exact) mass is 246 g/mol. The van der Waals surface area contributed by atoms with E-state index < -0.39 is 0 Å². The molecule has 98 valence electrons. The lowest BCUT2D eigenvalue weighted by Gasteiger charge is -2.24. The van der Waals surface area contributed by atoms with Crippen molar-refractivity contribution < 1.29 is 0 Å². The van der Waals surface area contributed by atoms with Crippen molar-refractivity contribution in [3.63, 3.8) is 0 Å². The van der Waals surface area contributed by atoms with Crippen LogP contribution in [0.5, 0.6) is 0 Å². The summed E-state index contributed by atoms with van der Waals surface area (Å²) in [6, 6.07) is 0. The van der Waals surface area contributed by atoms with Gasteiger partial charge in [-0.15, -0.1) is 0 Å². The van der Waals surface area contributed by atoms with Crippen LogP contribution in [0.1, 0.15) is 53.1 Å². The van der Waals surface area contributed by atoms with E-state index in [0.29, 0.717) is 0 Å². The predicted molar refractivity (Wildman–Crippen MR) is 73.8 cm³/mol. The zero-order valence-electron chi connectivity index (χ0n) is 12.4. The summed E-state index contributed by atoms with van der Waals surface area (Å²) in [5, 5.41) is 0. The lowest BCUT2D eigenvalue weighted by molar-refractivity contribution is 0.396. The van der Waals surface area contributed by atoms with Gasteiger partial charge in [0, 0.05) is 11.0 Å². The van der Waals surface area contributed by atoms with Gasteiger partial charge in [-0.1, -0.05) is 20.8 Å². The molecule has 0 aromatic carbocycles. The van der Waals surface area contributed by atoms with Gasteiger partial charge in [-0.05, 0) is 27.7 Å². The summed E-state index contributed by atoms with van der Waals surface area (Å²) in [6.45, 7) is 14.9. The molecule has 4 nitrogen and oxygen atoms in total. The number of rotatable bonds is 0. The second kappa shape index (κ2) is 3.77. The molecule has 0 amide bonds. The van der Waals surface area contributed by atoms with Crippen molar-refractivity contribution in [3.8, 4) is 0 Å². The molecular weight excluding hydrogens is 224 g/mol. The molecule has 0 radical (unpaired) electrons. The summed E-state index contributed by atoms with van der Waals surface area (Å²) < 4.78 is 2.16. The molecule has 2 aromatic rings. The van der Waals surface area contributed by atoms with Crippen molar-refractivity contribution in [2.24, 2.45) is 0 Å². The topological polar surface area (TPSA) is 43.6 Å². The molecule has 0 spiro atoms. The average Bonchev–Trinajstić information content (AvgIpc) is 2.49. The van der Waals surface area contributed by atoms with Crippen LogP contribution in [0, 0.1) is 6.92 Å². The Bertz CT molecular complexity index is 582. The van der Waals surface area contributed by atoms with E-state index in [2.05, 4.69) is 56.1 Å². The Kier molecular flexibility index (Phi) is 2.72. The van der Waals surface area contributed by atoms with Crippen LogP contribution < -0.4 is 0 Å². The Morgan fingerprint density at radius 1 is 1.00 bits per heavy atom. The third-order valence-corrected chi connectivity index (χ3v) is 2.98. The van der Waals surface area contributed by atoms with Crippen molar-refractivity contribution in [2.45, 2.75) is 59.4 Å². The normalized spacial score (nSPS) is 13.3. The lowest BCUT2D eigenvalue weighted by Crippen LogP contribution is -2.24. The SMILES string of the molecule is Cc1nc2ncc(C(C)(C)C)nc2n1C(C)(C)C. The number of imidazole rings is 1. The third kappa shape index (κ3) is 2.11. The average molecular weight is 246 g/mol. The molecule has 4 heteroatoms. The fourth-order valence-corrected chi connectivity index (χ4v) is 2.12. The summed E-state index contributed by atoms with van der Waals surface area (Å²) in [4.78, 5) is 13.7. The van der Waals surface area contributed by atoms with Crippen LogP contribution in [0.4, 0.5) is 0 Å². The van der Waals surface area contributed by atoms with Crippen molar-refractivity contribution in [3.05, 3.63) is 17.7 Å². The van der Waals surface area contributed by atoms with Crippen molar-refractivity contribution in [2.75, 3.05) is 0 Å². The minimum atomic E-state index is -0.0377. The Balaban J connectivity index is 2.76. The fourth-order valence-electron chi connectivity index (χ4n) is 2.12. The first kappa shape index (κ1) is 13.0. The predicted octanol–water partition coefficient (Wildman–Crippen LogP) is 3.19. The molecule has 0 saturated heterocycles. The van der Waals surface area contributed by atoms with Crippen LogP contribution in [0.25, 0.3) is 11.3 Å². The van der Waals surface area contributed by atoms with Crippen molar-refractivity contribution in [1.82, 2.24) is 19.5 Å². The van der Waals surface area contributed by atoms with Crippen LogP contribution in [0.2, 0.25) is 0 Å². The van der Waals surface area contributed by atoms with E-state index in [1.807, 2.05) is 13.1 Å². The second-order valence-electron chi connectivity index (χ2n) is 6.82. The van der Waals surface area contributed by atoms with E-state index in [0.717, 1.165) is 22.8 Å². The van der Waals surface area contributed by atoms with E-state index in [4.69, 9.17) is 4.98 Å². The summed E-state index contributed by atoms with van der Waals surface area (Å²) in [5.74, 6) is 0.962. The van der Waals surface area contributed by atoms with E-state index in [-0.39, 0.29) is 11.0 Å². The lowest BCUT2D eigenvalue weighted by atomic mass is 9.93. The standard InChI is InChI=1S/C14H22N4/c1-9-16-11-12(18(9)14(5,6)7)17-10(8-15-11)13(2,3)4/h8H,1-7H3. The molecule has 0 aliphatic heterocycles. The highest BCUT2D eigenvalue weighted by Gasteiger charge is 2.23. The molecule has 0 fully saturated rings. The van der Waals surface area contributed by atoms with Crippen LogP contribution in [-0.2, 0) is 11.0 Å². The first-order valence-corrected chi connectivity index (χ1v) is 6.34. The largest absolute Gasteiger partial charge is 0.306 e. The summed E-state index contributed by atoms with van der Waals surface area (Å²) in [7, 11) is 0. The van der Waals surface area contributed by atoms with Gasteiger partial charge in [-0.25, -0.2) is 15.0 Å². The first-order chi connectivity index (χ1) is 8.10. The maximum atomic E-state index is 4.77. The number of hydrogen-bond acceptors (Lipinski definition) is 3. The molecule has 18 heavy (non-hydrogen) atoms. The van der Waals surface area contributed by atoms with Crippen molar-refractivity contribution in [1.29, 1.82) is 0 Å². The van der Waals surface area contributed by atoms with Crippen molar-refractivity contribution >= 4 is 11.3 Å². The molecule has 2 heterocycles. The zero-order valence-corrected chi connectivity index (χ0v) is 12.4. The fraction of sp³-hybridized carbons (Fsp3) is 0.643. The van der Waals surface area contributed by atoms with E-state index in [1.165, 1.54) is 0 Å². The second-order valence-corrected chi connectivity index (χ2v) is 6.82. The zero-order chi connectivity index (χ0) is 13.7. The first-order valence-electron chi connectivity index (χ1n) is 6.34. The molecule has 0 aliphatic rings. The Hall–Kier alpha value is -1.45. The summed E-state index contributed by atoms with van der Waals surface area (Å²) in [6.07, 6.45) is 1.84. The van der Waals surface area contributed by atoms with Crippen LogP contribution >= 0.6 is 0 Å². The number of aromatic nitrogens is 4. The Morgan fingerprint density at radius 2 is 1.61 bits per heavy atom. The van der Waals surface area contributed by atoms with Gasteiger partial charge in [0.25, 0.3) is 0 Å². The third-order valence-electron chi connectivity index (χ3n) is 2.98. The van der Waals surface area contributed by atoms with Gasteiger partial charge >= 0.3 is 0 Å². The van der Waals surface area contributed by atoms with Crippen LogP contribution in [0.3, 0.4) is 0 Å². The Labute approximate surface area is 108 Å². The maximum absolute atomic E-state index is 4.77. The van der Waals surface area contributed by atoms with Gasteiger partial charge in [0.1, 0.15) is 5.82 Å². The molecule has 0 saturated carbocycles. The van der Waals surface area contributed by atoms with E-state index in [1.54, 1.807) is 0 Å². The molecule has 2 rings (SSSR count). The highest BCUT2D eigenvalue weighted by Crippen LogP contribution is 2.25. The van der Waals surface area contributed by atoms with Gasteiger partial charge < -0.3 is 4.57 Å².